The lowest BCUT2D eigenvalue weighted by Gasteiger charge is -2.26. The molecule has 1 heterocycles. The zero-order valence-corrected chi connectivity index (χ0v) is 17.4. The lowest BCUT2D eigenvalue weighted by molar-refractivity contribution is -0.0692. The predicted octanol–water partition coefficient (Wildman–Crippen LogP) is 6.73. The summed E-state index contributed by atoms with van der Waals surface area (Å²) in [7, 11) is 0. The maximum Gasteiger partial charge on any atom is 0.387 e. The number of hydrogen-bond donors (Lipinski definition) is 0. The number of nitrogens with zero attached hydrogens (tertiary/aromatic N) is 2. The first-order valence-corrected chi connectivity index (χ1v) is 10.4. The van der Waals surface area contributed by atoms with Crippen LogP contribution < -0.4 is 14.4 Å². The summed E-state index contributed by atoms with van der Waals surface area (Å²) in [4.78, 5) is 7.05. The summed E-state index contributed by atoms with van der Waals surface area (Å²) in [5.74, 6) is -0.00389. The molecule has 0 atom stereocenters. The molecule has 0 radical (unpaired) electrons. The first-order chi connectivity index (χ1) is 15.0. The Bertz CT molecular complexity index is 959. The van der Waals surface area contributed by atoms with Gasteiger partial charge >= 0.3 is 13.2 Å². The summed E-state index contributed by atoms with van der Waals surface area (Å²) >= 11 is 1.69. The van der Waals surface area contributed by atoms with E-state index in [1.165, 1.54) is 18.2 Å². The van der Waals surface area contributed by atoms with E-state index >= 15 is 0 Å². The van der Waals surface area contributed by atoms with Gasteiger partial charge in [-0.1, -0.05) is 13.0 Å². The van der Waals surface area contributed by atoms with E-state index in [0.29, 0.717) is 12.2 Å². The molecular formula is C22H20F4N2O2S. The van der Waals surface area contributed by atoms with Crippen LogP contribution in [-0.4, -0.2) is 24.0 Å². The minimum Gasteiger partial charge on any atom is -0.431 e. The van der Waals surface area contributed by atoms with Crippen LogP contribution in [0.4, 0.5) is 28.9 Å². The van der Waals surface area contributed by atoms with Crippen LogP contribution in [-0.2, 0) is 6.54 Å². The van der Waals surface area contributed by atoms with Crippen LogP contribution in [0.3, 0.4) is 0 Å². The van der Waals surface area contributed by atoms with Gasteiger partial charge in [0.15, 0.2) is 11.5 Å². The maximum absolute atomic E-state index is 12.9. The fraction of sp³-hybridized carbons (Fsp3) is 0.227. The molecule has 3 rings (SSSR count). The fourth-order valence-corrected chi connectivity index (χ4v) is 3.60. The largest absolute Gasteiger partial charge is 0.431 e. The van der Waals surface area contributed by atoms with Crippen LogP contribution in [0, 0.1) is 0 Å². The molecule has 0 spiro atoms. The highest BCUT2D eigenvalue weighted by Gasteiger charge is 2.19. The van der Waals surface area contributed by atoms with E-state index in [1.807, 2.05) is 35.2 Å². The first-order valence-electron chi connectivity index (χ1n) is 9.39. The van der Waals surface area contributed by atoms with Crippen LogP contribution in [0.5, 0.6) is 11.5 Å². The summed E-state index contributed by atoms with van der Waals surface area (Å²) in [5.41, 5.74) is 2.13. The van der Waals surface area contributed by atoms with Gasteiger partial charge in [-0.15, -0.1) is 11.8 Å². The van der Waals surface area contributed by atoms with E-state index in [9.17, 15) is 17.6 Å². The van der Waals surface area contributed by atoms with Gasteiger partial charge < -0.3 is 14.4 Å². The van der Waals surface area contributed by atoms with Gasteiger partial charge in [-0.2, -0.15) is 17.6 Å². The minimum absolute atomic E-state index is 0.372. The van der Waals surface area contributed by atoms with Gasteiger partial charge in [-0.05, 0) is 53.8 Å². The van der Waals surface area contributed by atoms with E-state index in [4.69, 9.17) is 0 Å². The SMILES string of the molecule is CCSc1ccc(N(Cc2cccnc2)c2ccc(OC(F)F)c(OC(F)F)c2)cc1. The van der Waals surface area contributed by atoms with Gasteiger partial charge in [0.25, 0.3) is 0 Å². The molecule has 0 aliphatic heterocycles. The molecule has 0 bridgehead atoms. The number of aromatic nitrogens is 1. The molecule has 0 amide bonds. The fourth-order valence-electron chi connectivity index (χ4n) is 2.94. The van der Waals surface area contributed by atoms with Crippen molar-refractivity contribution in [3.63, 3.8) is 0 Å². The van der Waals surface area contributed by atoms with Crippen molar-refractivity contribution in [3.8, 4) is 11.5 Å². The molecule has 9 heteroatoms. The summed E-state index contributed by atoms with van der Waals surface area (Å²) in [6.45, 7) is -3.92. The first kappa shape index (κ1) is 22.7. The van der Waals surface area contributed by atoms with Crippen LogP contribution in [0.15, 0.2) is 71.9 Å². The molecule has 2 aromatic carbocycles. The monoisotopic (exact) mass is 452 g/mol. The Balaban J connectivity index is 2.01. The normalized spacial score (nSPS) is 11.1. The minimum atomic E-state index is -3.19. The Hall–Kier alpha value is -2.94. The average molecular weight is 452 g/mol. The molecule has 0 aliphatic rings. The molecule has 0 fully saturated rings. The maximum atomic E-state index is 12.9. The van der Waals surface area contributed by atoms with Gasteiger partial charge in [0.05, 0.1) is 0 Å². The van der Waals surface area contributed by atoms with Crippen molar-refractivity contribution in [3.05, 3.63) is 72.6 Å². The Morgan fingerprint density at radius 1 is 0.903 bits per heavy atom. The second-order valence-electron chi connectivity index (χ2n) is 6.26. The van der Waals surface area contributed by atoms with Crippen molar-refractivity contribution in [2.45, 2.75) is 31.6 Å². The van der Waals surface area contributed by atoms with Crippen molar-refractivity contribution in [2.75, 3.05) is 10.7 Å². The predicted molar refractivity (Wildman–Crippen MR) is 113 cm³/mol. The molecule has 1 aromatic heterocycles. The third-order valence-electron chi connectivity index (χ3n) is 4.19. The number of anilines is 2. The van der Waals surface area contributed by atoms with Crippen LogP contribution in [0.1, 0.15) is 12.5 Å². The molecular weight excluding hydrogens is 432 g/mol. The molecule has 31 heavy (non-hydrogen) atoms. The zero-order chi connectivity index (χ0) is 22.2. The second kappa shape index (κ2) is 10.9. The molecule has 0 unspecified atom stereocenters. The van der Waals surface area contributed by atoms with Crippen molar-refractivity contribution >= 4 is 23.1 Å². The Morgan fingerprint density at radius 2 is 1.58 bits per heavy atom. The highest BCUT2D eigenvalue weighted by molar-refractivity contribution is 7.99. The summed E-state index contributed by atoms with van der Waals surface area (Å²) < 4.78 is 59.8. The number of rotatable bonds is 10. The lowest BCUT2D eigenvalue weighted by atomic mass is 10.2. The van der Waals surface area contributed by atoms with E-state index in [0.717, 1.165) is 21.9 Å². The number of halogens is 4. The molecule has 0 saturated carbocycles. The van der Waals surface area contributed by atoms with Gasteiger partial charge in [0, 0.05) is 41.3 Å². The van der Waals surface area contributed by atoms with E-state index in [2.05, 4.69) is 21.4 Å². The lowest BCUT2D eigenvalue weighted by Crippen LogP contribution is -2.17. The molecule has 164 valence electrons. The highest BCUT2D eigenvalue weighted by atomic mass is 32.2. The third kappa shape index (κ3) is 6.52. The standard InChI is InChI=1S/C22H20F4N2O2S/c1-2-31-18-8-5-16(6-9-18)28(14-15-4-3-11-27-13-15)17-7-10-19(29-21(23)24)20(12-17)30-22(25)26/h3-13,21-22H,2,14H2,1H3. The Kier molecular flexibility index (Phi) is 8.00. The summed E-state index contributed by atoms with van der Waals surface area (Å²) in [6, 6.07) is 15.4. The van der Waals surface area contributed by atoms with E-state index < -0.39 is 24.7 Å². The summed E-state index contributed by atoms with van der Waals surface area (Å²) in [5, 5.41) is 0. The van der Waals surface area contributed by atoms with Crippen molar-refractivity contribution < 1.29 is 27.0 Å². The number of benzene rings is 2. The summed E-state index contributed by atoms with van der Waals surface area (Å²) in [6.07, 6.45) is 3.34. The number of ether oxygens (including phenoxy) is 2. The zero-order valence-electron chi connectivity index (χ0n) is 16.6. The van der Waals surface area contributed by atoms with E-state index in [-0.39, 0.29) is 0 Å². The smallest absolute Gasteiger partial charge is 0.387 e. The quantitative estimate of drug-likeness (QED) is 0.252. The van der Waals surface area contributed by atoms with Crippen LogP contribution in [0.2, 0.25) is 0 Å². The van der Waals surface area contributed by atoms with Gasteiger partial charge in [0.2, 0.25) is 0 Å². The number of hydrogen-bond acceptors (Lipinski definition) is 5. The van der Waals surface area contributed by atoms with Crippen molar-refractivity contribution in [1.29, 1.82) is 0 Å². The molecule has 0 N–H and O–H groups in total. The third-order valence-corrected chi connectivity index (χ3v) is 5.09. The van der Waals surface area contributed by atoms with Gasteiger partial charge in [0.1, 0.15) is 0 Å². The van der Waals surface area contributed by atoms with Crippen LogP contribution in [0.25, 0.3) is 0 Å². The Morgan fingerprint density at radius 3 is 2.19 bits per heavy atom. The van der Waals surface area contributed by atoms with Crippen molar-refractivity contribution in [1.82, 2.24) is 4.98 Å². The molecule has 3 aromatic rings. The van der Waals surface area contributed by atoms with Gasteiger partial charge in [-0.3, -0.25) is 4.98 Å². The van der Waals surface area contributed by atoms with E-state index in [1.54, 1.807) is 30.2 Å². The van der Waals surface area contributed by atoms with Crippen molar-refractivity contribution in [2.24, 2.45) is 0 Å². The number of thioether (sulfide) groups is 1. The second-order valence-corrected chi connectivity index (χ2v) is 7.60. The molecule has 0 aliphatic carbocycles. The Labute approximate surface area is 181 Å². The average Bonchev–Trinajstić information content (AvgIpc) is 2.74. The highest BCUT2D eigenvalue weighted by Crippen LogP contribution is 2.37. The number of alkyl halides is 4. The topological polar surface area (TPSA) is 34.6 Å². The molecule has 0 saturated heterocycles. The number of pyridine rings is 1. The molecule has 4 nitrogen and oxygen atoms in total. The van der Waals surface area contributed by atoms with Crippen LogP contribution >= 0.6 is 11.8 Å². The van der Waals surface area contributed by atoms with Gasteiger partial charge in [-0.25, -0.2) is 0 Å².